The van der Waals surface area contributed by atoms with Crippen molar-refractivity contribution in [2.24, 2.45) is 5.92 Å². The number of anilines is 1. The average molecular weight is 293 g/mol. The molecule has 110 valence electrons. The minimum Gasteiger partial charge on any atom is -0.469 e. The van der Waals surface area contributed by atoms with Crippen molar-refractivity contribution in [2.75, 3.05) is 18.5 Å². The summed E-state index contributed by atoms with van der Waals surface area (Å²) in [6.45, 7) is 0.915. The molecule has 0 radical (unpaired) electrons. The molecule has 0 amide bonds. The summed E-state index contributed by atoms with van der Waals surface area (Å²) < 4.78 is 7.22. The van der Waals surface area contributed by atoms with E-state index < -0.39 is 0 Å². The molecule has 5 heteroatoms. The summed E-state index contributed by atoms with van der Waals surface area (Å²) >= 11 is 0. The third kappa shape index (κ3) is 1.43. The lowest BCUT2D eigenvalue weighted by molar-refractivity contribution is 0.502. The van der Waals surface area contributed by atoms with E-state index in [0.717, 1.165) is 23.7 Å². The van der Waals surface area contributed by atoms with Crippen molar-refractivity contribution in [3.05, 3.63) is 64.5 Å². The second-order valence-electron chi connectivity index (χ2n) is 6.19. The van der Waals surface area contributed by atoms with Gasteiger partial charge >= 0.3 is 0 Å². The van der Waals surface area contributed by atoms with Crippen LogP contribution >= 0.6 is 0 Å². The van der Waals surface area contributed by atoms with Crippen LogP contribution in [0.2, 0.25) is 0 Å². The minimum absolute atomic E-state index is 0.0520. The van der Waals surface area contributed by atoms with Gasteiger partial charge in [0.2, 0.25) is 0 Å². The Kier molecular flexibility index (Phi) is 2.19. The Morgan fingerprint density at radius 1 is 1.23 bits per heavy atom. The van der Waals surface area contributed by atoms with Gasteiger partial charge in [0.15, 0.2) is 0 Å². The van der Waals surface area contributed by atoms with Gasteiger partial charge in [-0.3, -0.25) is 9.20 Å². The van der Waals surface area contributed by atoms with Crippen LogP contribution in [0.5, 0.6) is 0 Å². The fourth-order valence-electron chi connectivity index (χ4n) is 3.94. The Hall–Kier alpha value is -2.56. The van der Waals surface area contributed by atoms with Crippen molar-refractivity contribution >= 4 is 11.5 Å². The SMILES string of the molecule is CN1C[C@H]2[C@H](c3ccco3)[C@H]2c2c1nc1ccccn1c2=O. The van der Waals surface area contributed by atoms with E-state index in [1.807, 2.05) is 37.4 Å². The maximum absolute atomic E-state index is 12.9. The van der Waals surface area contributed by atoms with Gasteiger partial charge in [-0.2, -0.15) is 0 Å². The second kappa shape index (κ2) is 4.00. The molecule has 0 aromatic carbocycles. The van der Waals surface area contributed by atoms with Crippen molar-refractivity contribution < 1.29 is 4.42 Å². The van der Waals surface area contributed by atoms with Gasteiger partial charge < -0.3 is 9.32 Å². The molecule has 3 atom stereocenters. The largest absolute Gasteiger partial charge is 0.469 e. The molecule has 1 fully saturated rings. The summed E-state index contributed by atoms with van der Waals surface area (Å²) in [7, 11) is 2.01. The molecule has 3 aromatic rings. The summed E-state index contributed by atoms with van der Waals surface area (Å²) in [5.74, 6) is 2.78. The monoisotopic (exact) mass is 293 g/mol. The van der Waals surface area contributed by atoms with Crippen molar-refractivity contribution in [2.45, 2.75) is 11.8 Å². The van der Waals surface area contributed by atoms with Crippen LogP contribution in [0.4, 0.5) is 5.82 Å². The van der Waals surface area contributed by atoms with Gasteiger partial charge in [-0.1, -0.05) is 6.07 Å². The standard InChI is InChI=1S/C17H15N3O2/c1-19-9-10-13(11-5-4-8-22-11)14(10)15-16(19)18-12-6-2-3-7-20(12)17(15)21/h2-8,10,13-14H,9H2,1H3/t10-,13+,14-/m0/s1. The Labute approximate surface area is 126 Å². The molecule has 22 heavy (non-hydrogen) atoms. The van der Waals surface area contributed by atoms with Crippen molar-refractivity contribution in [3.63, 3.8) is 0 Å². The molecular weight excluding hydrogens is 278 g/mol. The Morgan fingerprint density at radius 3 is 2.95 bits per heavy atom. The molecule has 1 aliphatic heterocycles. The van der Waals surface area contributed by atoms with Crippen LogP contribution in [-0.4, -0.2) is 23.0 Å². The molecule has 5 nitrogen and oxygen atoms in total. The van der Waals surface area contributed by atoms with E-state index in [4.69, 9.17) is 9.40 Å². The van der Waals surface area contributed by atoms with Crippen molar-refractivity contribution in [1.82, 2.24) is 9.38 Å². The number of aromatic nitrogens is 2. The lowest BCUT2D eigenvalue weighted by atomic mass is 10.1. The van der Waals surface area contributed by atoms with Gasteiger partial charge in [-0.25, -0.2) is 4.98 Å². The number of nitrogens with zero attached hydrogens (tertiary/aromatic N) is 3. The molecule has 1 saturated carbocycles. The summed E-state index contributed by atoms with van der Waals surface area (Å²) in [5.41, 5.74) is 1.59. The van der Waals surface area contributed by atoms with E-state index in [0.29, 0.717) is 17.5 Å². The van der Waals surface area contributed by atoms with Gasteiger partial charge in [-0.05, 0) is 30.2 Å². The van der Waals surface area contributed by atoms with E-state index >= 15 is 0 Å². The topological polar surface area (TPSA) is 50.8 Å². The predicted octanol–water partition coefficient (Wildman–Crippen LogP) is 2.23. The van der Waals surface area contributed by atoms with Gasteiger partial charge in [0.05, 0.1) is 11.8 Å². The van der Waals surface area contributed by atoms with E-state index in [-0.39, 0.29) is 11.5 Å². The maximum atomic E-state index is 12.9. The van der Waals surface area contributed by atoms with Crippen LogP contribution in [0.15, 0.2) is 52.0 Å². The smallest absolute Gasteiger partial charge is 0.263 e. The molecule has 0 unspecified atom stereocenters. The normalized spacial score (nSPS) is 25.9. The van der Waals surface area contributed by atoms with Gasteiger partial charge in [0, 0.05) is 31.6 Å². The highest BCUT2D eigenvalue weighted by atomic mass is 16.3. The molecule has 5 rings (SSSR count). The first-order chi connectivity index (χ1) is 10.8. The number of rotatable bonds is 1. The van der Waals surface area contributed by atoms with Crippen molar-refractivity contribution in [1.29, 1.82) is 0 Å². The number of fused-ring (bicyclic) bond motifs is 4. The number of hydrogen-bond acceptors (Lipinski definition) is 4. The summed E-state index contributed by atoms with van der Waals surface area (Å²) in [6.07, 6.45) is 3.49. The quantitative estimate of drug-likeness (QED) is 0.690. The lowest BCUT2D eigenvalue weighted by Gasteiger charge is -2.25. The van der Waals surface area contributed by atoms with Gasteiger partial charge in [-0.15, -0.1) is 0 Å². The zero-order chi connectivity index (χ0) is 14.8. The van der Waals surface area contributed by atoms with Crippen molar-refractivity contribution in [3.8, 4) is 0 Å². The van der Waals surface area contributed by atoms with Gasteiger partial charge in [0.1, 0.15) is 17.2 Å². The summed E-state index contributed by atoms with van der Waals surface area (Å²) in [4.78, 5) is 19.8. The molecule has 4 heterocycles. The first-order valence-corrected chi connectivity index (χ1v) is 7.51. The number of furan rings is 1. The first-order valence-electron chi connectivity index (χ1n) is 7.51. The van der Waals surface area contributed by atoms with Crippen LogP contribution in [0.1, 0.15) is 23.2 Å². The number of hydrogen-bond donors (Lipinski definition) is 0. The van der Waals surface area contributed by atoms with Crippen LogP contribution < -0.4 is 10.5 Å². The maximum Gasteiger partial charge on any atom is 0.263 e. The second-order valence-corrected chi connectivity index (χ2v) is 6.19. The van der Waals surface area contributed by atoms with E-state index in [2.05, 4.69) is 4.90 Å². The third-order valence-corrected chi connectivity index (χ3v) is 4.97. The van der Waals surface area contributed by atoms with Crippen LogP contribution in [0.3, 0.4) is 0 Å². The molecular formula is C17H15N3O2. The van der Waals surface area contributed by atoms with E-state index in [9.17, 15) is 4.79 Å². The number of pyridine rings is 1. The van der Waals surface area contributed by atoms with Gasteiger partial charge in [0.25, 0.3) is 5.56 Å². The third-order valence-electron chi connectivity index (χ3n) is 4.97. The highest BCUT2D eigenvalue weighted by molar-refractivity contribution is 5.60. The Balaban J connectivity index is 1.75. The average Bonchev–Trinajstić information content (AvgIpc) is 2.98. The fraction of sp³-hybridized carbons (Fsp3) is 0.294. The summed E-state index contributed by atoms with van der Waals surface area (Å²) in [5, 5.41) is 0. The van der Waals surface area contributed by atoms with Crippen LogP contribution in [0.25, 0.3) is 5.65 Å². The Bertz CT molecular complexity index is 929. The molecule has 0 spiro atoms. The first kappa shape index (κ1) is 12.0. The molecule has 0 bridgehead atoms. The van der Waals surface area contributed by atoms with E-state index in [1.54, 1.807) is 16.9 Å². The lowest BCUT2D eigenvalue weighted by Crippen LogP contribution is -2.32. The highest BCUT2D eigenvalue weighted by Gasteiger charge is 2.58. The fourth-order valence-corrected chi connectivity index (χ4v) is 3.94. The van der Waals surface area contributed by atoms with Crippen LogP contribution in [0, 0.1) is 5.92 Å². The molecule has 2 aliphatic rings. The molecule has 0 saturated heterocycles. The zero-order valence-electron chi connectivity index (χ0n) is 12.1. The predicted molar refractivity (Wildman–Crippen MR) is 82.4 cm³/mol. The highest BCUT2D eigenvalue weighted by Crippen LogP contribution is 2.63. The molecule has 3 aromatic heterocycles. The zero-order valence-corrected chi connectivity index (χ0v) is 12.1. The van der Waals surface area contributed by atoms with E-state index in [1.165, 1.54) is 0 Å². The molecule has 1 aliphatic carbocycles. The molecule has 0 N–H and O–H groups in total. The van der Waals surface area contributed by atoms with Crippen LogP contribution in [-0.2, 0) is 0 Å². The summed E-state index contributed by atoms with van der Waals surface area (Å²) in [6, 6.07) is 9.56. The minimum atomic E-state index is 0.0520. The Morgan fingerprint density at radius 2 is 2.14 bits per heavy atom.